The van der Waals surface area contributed by atoms with Gasteiger partial charge >= 0.3 is 5.97 Å². The molecule has 5 heteroatoms. The normalized spacial score (nSPS) is 24.2. The second-order valence-corrected chi connectivity index (χ2v) is 7.00. The molecule has 2 N–H and O–H groups in total. The molecule has 1 amide bonds. The van der Waals surface area contributed by atoms with E-state index in [0.29, 0.717) is 0 Å². The van der Waals surface area contributed by atoms with Crippen molar-refractivity contribution in [2.75, 3.05) is 6.26 Å². The van der Waals surface area contributed by atoms with Gasteiger partial charge in [-0.25, -0.2) is 0 Å². The number of carboxylic acids is 1. The molecule has 21 heavy (non-hydrogen) atoms. The van der Waals surface area contributed by atoms with Crippen molar-refractivity contribution >= 4 is 23.6 Å². The molecule has 2 rings (SSSR count). The molecule has 1 saturated carbocycles. The van der Waals surface area contributed by atoms with Crippen LogP contribution >= 0.6 is 11.8 Å². The van der Waals surface area contributed by atoms with Crippen LogP contribution in [0.25, 0.3) is 0 Å². The number of hydrogen-bond donors (Lipinski definition) is 2. The molecule has 1 fully saturated rings. The second-order valence-electron chi connectivity index (χ2n) is 6.12. The van der Waals surface area contributed by atoms with E-state index in [0.717, 1.165) is 5.56 Å². The first kappa shape index (κ1) is 15.9. The molecule has 0 aliphatic heterocycles. The van der Waals surface area contributed by atoms with Crippen LogP contribution in [0.3, 0.4) is 0 Å². The van der Waals surface area contributed by atoms with E-state index in [9.17, 15) is 9.59 Å². The van der Waals surface area contributed by atoms with Crippen LogP contribution in [0.15, 0.2) is 29.2 Å². The van der Waals surface area contributed by atoms with Gasteiger partial charge in [-0.05, 0) is 36.3 Å². The number of carbonyl (C=O) groups excluding carboxylic acids is 1. The lowest BCUT2D eigenvalue weighted by molar-refractivity contribution is -0.140. The highest BCUT2D eigenvalue weighted by Crippen LogP contribution is 2.58. The van der Waals surface area contributed by atoms with Crippen molar-refractivity contribution in [1.82, 2.24) is 5.32 Å². The van der Waals surface area contributed by atoms with E-state index >= 15 is 0 Å². The quantitative estimate of drug-likeness (QED) is 0.821. The Morgan fingerprint density at radius 1 is 1.24 bits per heavy atom. The first-order valence-corrected chi connectivity index (χ1v) is 8.18. The van der Waals surface area contributed by atoms with Crippen molar-refractivity contribution in [3.05, 3.63) is 29.8 Å². The number of aliphatic carboxylic acids is 1. The molecule has 3 atom stereocenters. The zero-order valence-corrected chi connectivity index (χ0v) is 13.5. The summed E-state index contributed by atoms with van der Waals surface area (Å²) >= 11 is 1.67. The van der Waals surface area contributed by atoms with Gasteiger partial charge in [-0.2, -0.15) is 0 Å². The summed E-state index contributed by atoms with van der Waals surface area (Å²) in [6.07, 6.45) is 2.02. The van der Waals surface area contributed by atoms with Crippen LogP contribution in [0.5, 0.6) is 0 Å². The van der Waals surface area contributed by atoms with Gasteiger partial charge in [-0.1, -0.05) is 26.0 Å². The lowest BCUT2D eigenvalue weighted by atomic mass is 10.1. The fourth-order valence-electron chi connectivity index (χ4n) is 2.87. The summed E-state index contributed by atoms with van der Waals surface area (Å²) < 4.78 is 0. The number of rotatable bonds is 5. The molecule has 0 heterocycles. The monoisotopic (exact) mass is 307 g/mol. The predicted molar refractivity (Wildman–Crippen MR) is 83.2 cm³/mol. The predicted octanol–water partition coefficient (Wildman–Crippen LogP) is 2.94. The van der Waals surface area contributed by atoms with Crippen LogP contribution in [-0.4, -0.2) is 23.2 Å². The molecule has 1 aromatic rings. The summed E-state index contributed by atoms with van der Waals surface area (Å²) in [7, 11) is 0. The van der Waals surface area contributed by atoms with E-state index < -0.39 is 23.2 Å². The van der Waals surface area contributed by atoms with Crippen molar-refractivity contribution in [2.24, 2.45) is 17.3 Å². The molecule has 114 valence electrons. The van der Waals surface area contributed by atoms with Crippen molar-refractivity contribution in [1.29, 1.82) is 0 Å². The molecule has 1 aliphatic rings. The Balaban J connectivity index is 2.01. The highest BCUT2D eigenvalue weighted by atomic mass is 32.2. The number of hydrogen-bond acceptors (Lipinski definition) is 3. The van der Waals surface area contributed by atoms with Crippen LogP contribution in [0, 0.1) is 17.3 Å². The molecular weight excluding hydrogens is 286 g/mol. The van der Waals surface area contributed by atoms with Crippen molar-refractivity contribution in [2.45, 2.75) is 31.7 Å². The average Bonchev–Trinajstić information content (AvgIpc) is 3.02. The Kier molecular flexibility index (Phi) is 4.33. The van der Waals surface area contributed by atoms with Gasteiger partial charge in [0.25, 0.3) is 0 Å². The highest BCUT2D eigenvalue weighted by Gasteiger charge is 2.65. The van der Waals surface area contributed by atoms with Crippen LogP contribution < -0.4 is 5.32 Å². The molecule has 0 spiro atoms. The maximum absolute atomic E-state index is 12.3. The third-order valence-electron chi connectivity index (χ3n) is 4.35. The first-order valence-electron chi connectivity index (χ1n) is 6.96. The maximum atomic E-state index is 12.3. The molecule has 4 nitrogen and oxygen atoms in total. The summed E-state index contributed by atoms with van der Waals surface area (Å²) in [5, 5.41) is 12.1. The molecule has 0 bridgehead atoms. The number of carbonyl (C=O) groups is 2. The Morgan fingerprint density at radius 3 is 2.24 bits per heavy atom. The van der Waals surface area contributed by atoms with Gasteiger partial charge in [0, 0.05) is 4.90 Å². The van der Waals surface area contributed by atoms with E-state index in [1.165, 1.54) is 4.90 Å². The van der Waals surface area contributed by atoms with Gasteiger partial charge in [-0.3, -0.25) is 9.59 Å². The van der Waals surface area contributed by atoms with Gasteiger partial charge in [-0.15, -0.1) is 11.8 Å². The second kappa shape index (κ2) is 5.72. The molecule has 1 aliphatic carbocycles. The largest absolute Gasteiger partial charge is 0.481 e. The van der Waals surface area contributed by atoms with Gasteiger partial charge in [0.1, 0.15) is 0 Å². The number of nitrogens with one attached hydrogen (secondary N) is 1. The molecule has 1 aromatic carbocycles. The fraction of sp³-hybridized carbons (Fsp3) is 0.500. The molecule has 3 unspecified atom stereocenters. The Hall–Kier alpha value is -1.49. The SMILES string of the molecule is CSc1ccc(C(C)NC(=O)C2C(C(=O)O)C2(C)C)cc1. The number of amides is 1. The summed E-state index contributed by atoms with van der Waals surface area (Å²) in [6.45, 7) is 5.57. The Labute approximate surface area is 129 Å². The molecule has 0 radical (unpaired) electrons. The van der Waals surface area contributed by atoms with Crippen LogP contribution in [0.2, 0.25) is 0 Å². The lowest BCUT2D eigenvalue weighted by Gasteiger charge is -2.15. The standard InChI is InChI=1S/C16H21NO3S/c1-9(10-5-7-11(21-4)8-6-10)17-14(18)12-13(15(19)20)16(12,2)3/h5-9,12-13H,1-4H3,(H,17,18)(H,19,20). The Morgan fingerprint density at radius 2 is 1.81 bits per heavy atom. The zero-order chi connectivity index (χ0) is 15.8. The molecule has 0 saturated heterocycles. The molecule has 0 aromatic heterocycles. The van der Waals surface area contributed by atoms with E-state index in [-0.39, 0.29) is 11.9 Å². The third-order valence-corrected chi connectivity index (χ3v) is 5.09. The average molecular weight is 307 g/mol. The van der Waals surface area contributed by atoms with E-state index in [4.69, 9.17) is 5.11 Å². The van der Waals surface area contributed by atoms with Gasteiger partial charge in [0.2, 0.25) is 5.91 Å². The van der Waals surface area contributed by atoms with E-state index in [1.807, 2.05) is 51.3 Å². The number of thioether (sulfide) groups is 1. The van der Waals surface area contributed by atoms with Crippen LogP contribution in [-0.2, 0) is 9.59 Å². The van der Waals surface area contributed by atoms with Crippen molar-refractivity contribution in [3.8, 4) is 0 Å². The highest BCUT2D eigenvalue weighted by molar-refractivity contribution is 7.98. The van der Waals surface area contributed by atoms with Gasteiger partial charge in [0.15, 0.2) is 0 Å². The number of carboxylic acid groups (broad SMARTS) is 1. The molecular formula is C16H21NO3S. The maximum Gasteiger partial charge on any atom is 0.307 e. The smallest absolute Gasteiger partial charge is 0.307 e. The van der Waals surface area contributed by atoms with Gasteiger partial charge < -0.3 is 10.4 Å². The van der Waals surface area contributed by atoms with Crippen molar-refractivity contribution in [3.63, 3.8) is 0 Å². The van der Waals surface area contributed by atoms with Crippen molar-refractivity contribution < 1.29 is 14.7 Å². The zero-order valence-electron chi connectivity index (χ0n) is 12.7. The van der Waals surface area contributed by atoms with E-state index in [1.54, 1.807) is 11.8 Å². The lowest BCUT2D eigenvalue weighted by Crippen LogP contribution is -2.30. The minimum Gasteiger partial charge on any atom is -0.481 e. The minimum absolute atomic E-state index is 0.126. The minimum atomic E-state index is -0.892. The topological polar surface area (TPSA) is 66.4 Å². The summed E-state index contributed by atoms with van der Waals surface area (Å²) in [5.41, 5.74) is 0.560. The van der Waals surface area contributed by atoms with Gasteiger partial charge in [0.05, 0.1) is 17.9 Å². The first-order chi connectivity index (χ1) is 9.78. The van der Waals surface area contributed by atoms with Crippen LogP contribution in [0.1, 0.15) is 32.4 Å². The summed E-state index contributed by atoms with van der Waals surface area (Å²) in [5.74, 6) is -2.09. The number of benzene rings is 1. The Bertz CT molecular complexity index is 553. The fourth-order valence-corrected chi connectivity index (χ4v) is 3.28. The van der Waals surface area contributed by atoms with E-state index in [2.05, 4.69) is 5.32 Å². The summed E-state index contributed by atoms with van der Waals surface area (Å²) in [6, 6.07) is 7.89. The third kappa shape index (κ3) is 3.07. The summed E-state index contributed by atoms with van der Waals surface area (Å²) in [4.78, 5) is 24.6. The van der Waals surface area contributed by atoms with Crippen LogP contribution in [0.4, 0.5) is 0 Å².